The fourth-order valence-corrected chi connectivity index (χ4v) is 6.76. The zero-order chi connectivity index (χ0) is 32.0. The summed E-state index contributed by atoms with van der Waals surface area (Å²) in [6.45, 7) is 4.34. The Hall–Kier alpha value is -5.00. The van der Waals surface area contributed by atoms with Gasteiger partial charge >= 0.3 is 0 Å². The third-order valence-electron chi connectivity index (χ3n) is 9.31. The maximum absolute atomic E-state index is 12.5. The van der Waals surface area contributed by atoms with Crippen LogP contribution in [0.25, 0.3) is 50.3 Å². The van der Waals surface area contributed by atoms with Crippen LogP contribution in [-0.2, 0) is 18.9 Å². The minimum absolute atomic E-state index is 0.0160. The first-order valence-corrected chi connectivity index (χ1v) is 15.9. The minimum Gasteiger partial charge on any atom is -0.478 e. The molecule has 2 atom stereocenters. The molecule has 8 rings (SSSR count). The molecule has 5 aromatic heterocycles. The largest absolute Gasteiger partial charge is 0.478 e. The fourth-order valence-electron chi connectivity index (χ4n) is 6.76. The molecule has 12 heteroatoms. The number of aryl methyl sites for hydroxylation is 1. The lowest BCUT2D eigenvalue weighted by Gasteiger charge is -2.12. The lowest BCUT2D eigenvalue weighted by Crippen LogP contribution is -2.24. The van der Waals surface area contributed by atoms with Crippen molar-refractivity contribution in [2.75, 3.05) is 21.2 Å². The third-order valence-corrected chi connectivity index (χ3v) is 9.31. The number of nitrogens with zero attached hydrogens (tertiary/aromatic N) is 10. The number of carbonyl (C=O) groups is 1. The number of carbonyl (C=O) groups excluding carboxylic acids is 1. The Balaban J connectivity index is 1.24. The first-order valence-electron chi connectivity index (χ1n) is 15.9. The Labute approximate surface area is 266 Å². The van der Waals surface area contributed by atoms with E-state index in [9.17, 15) is 4.79 Å². The molecule has 6 aromatic rings. The van der Waals surface area contributed by atoms with E-state index in [2.05, 4.69) is 47.8 Å². The number of hydrogen-bond donors (Lipinski definition) is 0. The highest BCUT2D eigenvalue weighted by Crippen LogP contribution is 2.48. The standard InChI is InChI=1S/C34H38N10O2/c1-18(2)28-23(13-20-15-41(5)38-31(20)35-28)32-36-29(30(42(32)6)19-11-12-19)21-9-8-10-25-24(21)16-43(37-25)27-17-44(39-33(27)46-7)26-14-22(26)34(45)40(3)4/h8-10,13,15-19,22,26H,11-12,14H2,1-7H3/t22-,26-/m0/s1. The van der Waals surface area contributed by atoms with Gasteiger partial charge in [0, 0.05) is 74.1 Å². The average molecular weight is 619 g/mol. The second-order valence-electron chi connectivity index (χ2n) is 13.3. The summed E-state index contributed by atoms with van der Waals surface area (Å²) >= 11 is 0. The molecule has 0 saturated heterocycles. The average Bonchev–Trinajstić information content (AvgIpc) is 3.84. The normalized spacial score (nSPS) is 17.8. The summed E-state index contributed by atoms with van der Waals surface area (Å²) in [7, 11) is 9.25. The number of methoxy groups -OCH3 is 1. The maximum Gasteiger partial charge on any atom is 0.258 e. The van der Waals surface area contributed by atoms with E-state index in [4.69, 9.17) is 19.8 Å². The van der Waals surface area contributed by atoms with Crippen molar-refractivity contribution in [2.45, 2.75) is 51.0 Å². The van der Waals surface area contributed by atoms with Gasteiger partial charge < -0.3 is 14.2 Å². The molecule has 2 aliphatic carbocycles. The number of benzene rings is 1. The van der Waals surface area contributed by atoms with Crippen LogP contribution in [-0.4, -0.2) is 75.9 Å². The number of pyridine rings is 1. The smallest absolute Gasteiger partial charge is 0.258 e. The van der Waals surface area contributed by atoms with Crippen LogP contribution in [0.15, 0.2) is 42.9 Å². The molecule has 2 saturated carbocycles. The molecule has 1 amide bonds. The number of ether oxygens (including phenoxy) is 1. The number of imidazole rings is 1. The van der Waals surface area contributed by atoms with Crippen LogP contribution in [0.1, 0.15) is 62.4 Å². The van der Waals surface area contributed by atoms with Crippen molar-refractivity contribution in [3.05, 3.63) is 54.2 Å². The van der Waals surface area contributed by atoms with Crippen LogP contribution < -0.4 is 4.74 Å². The molecule has 2 fully saturated rings. The van der Waals surface area contributed by atoms with Gasteiger partial charge in [-0.1, -0.05) is 26.0 Å². The van der Waals surface area contributed by atoms with Gasteiger partial charge in [0.2, 0.25) is 5.91 Å². The van der Waals surface area contributed by atoms with Crippen molar-refractivity contribution in [2.24, 2.45) is 20.0 Å². The highest BCUT2D eigenvalue weighted by molar-refractivity contribution is 5.95. The topological polar surface area (TPSA) is 114 Å². The molecule has 0 N–H and O–H groups in total. The monoisotopic (exact) mass is 618 g/mol. The Kier molecular flexibility index (Phi) is 6.35. The van der Waals surface area contributed by atoms with Gasteiger partial charge in [-0.3, -0.25) is 14.2 Å². The number of hydrogen-bond acceptors (Lipinski definition) is 7. The molecular formula is C34H38N10O2. The summed E-state index contributed by atoms with van der Waals surface area (Å²) in [4.78, 5) is 24.6. The number of amides is 1. The highest BCUT2D eigenvalue weighted by Gasteiger charge is 2.46. The molecule has 0 bridgehead atoms. The molecule has 0 radical (unpaired) electrons. The van der Waals surface area contributed by atoms with E-state index in [-0.39, 0.29) is 23.8 Å². The minimum atomic E-state index is -0.0692. The molecule has 0 spiro atoms. The van der Waals surface area contributed by atoms with Crippen LogP contribution in [0, 0.1) is 5.92 Å². The fraction of sp³-hybridized carbons (Fsp3) is 0.412. The van der Waals surface area contributed by atoms with E-state index in [1.54, 1.807) is 26.1 Å². The van der Waals surface area contributed by atoms with Gasteiger partial charge in [-0.15, -0.1) is 5.10 Å². The van der Waals surface area contributed by atoms with Gasteiger partial charge in [-0.05, 0) is 37.3 Å². The van der Waals surface area contributed by atoms with E-state index >= 15 is 0 Å². The summed E-state index contributed by atoms with van der Waals surface area (Å²) in [5.74, 6) is 2.09. The van der Waals surface area contributed by atoms with Gasteiger partial charge in [0.1, 0.15) is 11.5 Å². The van der Waals surface area contributed by atoms with E-state index in [1.165, 1.54) is 5.69 Å². The molecule has 1 aromatic carbocycles. The van der Waals surface area contributed by atoms with Crippen LogP contribution in [0.3, 0.4) is 0 Å². The maximum atomic E-state index is 12.5. The summed E-state index contributed by atoms with van der Waals surface area (Å²) < 4.78 is 13.5. The Morgan fingerprint density at radius 2 is 1.83 bits per heavy atom. The van der Waals surface area contributed by atoms with Crippen LogP contribution in [0.2, 0.25) is 0 Å². The van der Waals surface area contributed by atoms with E-state index in [0.717, 1.165) is 75.2 Å². The molecule has 5 heterocycles. The Bertz CT molecular complexity index is 2160. The van der Waals surface area contributed by atoms with Crippen LogP contribution >= 0.6 is 0 Å². The molecular weight excluding hydrogens is 580 g/mol. The molecule has 2 aliphatic rings. The van der Waals surface area contributed by atoms with E-state index < -0.39 is 0 Å². The molecule has 0 unspecified atom stereocenters. The molecule has 12 nitrogen and oxygen atoms in total. The summed E-state index contributed by atoms with van der Waals surface area (Å²) in [5, 5.41) is 16.2. The Morgan fingerprint density at radius 1 is 1.02 bits per heavy atom. The first-order chi connectivity index (χ1) is 22.1. The van der Waals surface area contributed by atoms with Gasteiger partial charge in [0.05, 0.1) is 42.2 Å². The Morgan fingerprint density at radius 3 is 2.54 bits per heavy atom. The number of rotatable bonds is 8. The SMILES string of the molecule is COc1nn([C@H]2C[C@@H]2C(=O)N(C)C)cc1-n1cc2c(-c3nc(-c4cc5cn(C)nc5nc4C(C)C)n(C)c3C3CC3)cccc2n1. The van der Waals surface area contributed by atoms with Crippen molar-refractivity contribution in [3.8, 4) is 34.2 Å². The van der Waals surface area contributed by atoms with Crippen molar-refractivity contribution in [1.82, 2.24) is 48.8 Å². The van der Waals surface area contributed by atoms with Gasteiger partial charge in [0.25, 0.3) is 5.88 Å². The predicted molar refractivity (Wildman–Crippen MR) is 175 cm³/mol. The van der Waals surface area contributed by atoms with Gasteiger partial charge in [-0.25, -0.2) is 14.6 Å². The summed E-state index contributed by atoms with van der Waals surface area (Å²) in [6, 6.07) is 8.41. The summed E-state index contributed by atoms with van der Waals surface area (Å²) in [6.07, 6.45) is 9.04. The second kappa shape index (κ2) is 10.3. The quantitative estimate of drug-likeness (QED) is 0.230. The molecule has 0 aliphatic heterocycles. The molecule has 46 heavy (non-hydrogen) atoms. The third kappa shape index (κ3) is 4.49. The zero-order valence-corrected chi connectivity index (χ0v) is 27.3. The van der Waals surface area contributed by atoms with E-state index in [0.29, 0.717) is 11.8 Å². The van der Waals surface area contributed by atoms with Crippen molar-refractivity contribution >= 4 is 27.8 Å². The molecule has 236 valence electrons. The van der Waals surface area contributed by atoms with Crippen LogP contribution in [0.4, 0.5) is 0 Å². The van der Waals surface area contributed by atoms with Crippen LogP contribution in [0.5, 0.6) is 5.88 Å². The van der Waals surface area contributed by atoms with Gasteiger partial charge in [0.15, 0.2) is 5.65 Å². The lowest BCUT2D eigenvalue weighted by molar-refractivity contribution is -0.130. The predicted octanol–water partition coefficient (Wildman–Crippen LogP) is 5.23. The number of aromatic nitrogens is 9. The zero-order valence-electron chi connectivity index (χ0n) is 27.3. The summed E-state index contributed by atoms with van der Waals surface area (Å²) in [5.41, 5.74) is 7.64. The van der Waals surface area contributed by atoms with Crippen molar-refractivity contribution in [3.63, 3.8) is 0 Å². The van der Waals surface area contributed by atoms with Crippen molar-refractivity contribution < 1.29 is 9.53 Å². The first kappa shape index (κ1) is 28.5. The van der Waals surface area contributed by atoms with Crippen molar-refractivity contribution in [1.29, 1.82) is 0 Å². The lowest BCUT2D eigenvalue weighted by atomic mass is 10.0. The van der Waals surface area contributed by atoms with Gasteiger partial charge in [-0.2, -0.15) is 10.2 Å². The van der Waals surface area contributed by atoms with E-state index in [1.807, 2.05) is 51.8 Å². The number of fused-ring (bicyclic) bond motifs is 2. The highest BCUT2D eigenvalue weighted by atomic mass is 16.5. The second-order valence-corrected chi connectivity index (χ2v) is 13.3.